The van der Waals surface area contributed by atoms with Crippen molar-refractivity contribution in [3.63, 3.8) is 0 Å². The number of rotatable bonds is 3. The second-order valence-corrected chi connectivity index (χ2v) is 8.32. The third-order valence-corrected chi connectivity index (χ3v) is 6.64. The normalized spacial score (nSPS) is 13.8. The first-order valence-electron chi connectivity index (χ1n) is 8.13. The van der Waals surface area contributed by atoms with Gasteiger partial charge in [0.25, 0.3) is 0 Å². The fourth-order valence-electron chi connectivity index (χ4n) is 3.07. The van der Waals surface area contributed by atoms with E-state index in [1.807, 2.05) is 30.3 Å². The lowest BCUT2D eigenvalue weighted by molar-refractivity contribution is 0.423. The van der Waals surface area contributed by atoms with Gasteiger partial charge in [-0.1, -0.05) is 34.2 Å². The SMILES string of the molecule is Clc1ccc(-c2onc3c2CCN(c2nnc(-c4cccs4)s2)C3)cc1. The molecule has 0 radical (unpaired) electrons. The first-order chi connectivity index (χ1) is 12.8. The fraction of sp³-hybridized carbons (Fsp3) is 0.167. The van der Waals surface area contributed by atoms with Gasteiger partial charge in [0.2, 0.25) is 5.13 Å². The minimum Gasteiger partial charge on any atom is -0.356 e. The molecule has 0 aliphatic carbocycles. The van der Waals surface area contributed by atoms with E-state index in [0.29, 0.717) is 11.6 Å². The molecule has 5 nitrogen and oxygen atoms in total. The van der Waals surface area contributed by atoms with Crippen LogP contribution in [-0.4, -0.2) is 21.9 Å². The molecule has 1 aromatic carbocycles. The lowest BCUT2D eigenvalue weighted by Crippen LogP contribution is -2.30. The zero-order valence-corrected chi connectivity index (χ0v) is 15.9. The molecule has 0 saturated heterocycles. The minimum atomic E-state index is 0.686. The van der Waals surface area contributed by atoms with Crippen LogP contribution < -0.4 is 4.90 Å². The molecule has 1 aliphatic rings. The number of aromatic nitrogens is 3. The molecule has 3 aromatic heterocycles. The van der Waals surface area contributed by atoms with Crippen molar-refractivity contribution in [3.8, 4) is 21.2 Å². The lowest BCUT2D eigenvalue weighted by atomic mass is 10.0. The van der Waals surface area contributed by atoms with E-state index in [1.165, 1.54) is 5.56 Å². The number of nitrogens with zero attached hydrogens (tertiary/aromatic N) is 4. The smallest absolute Gasteiger partial charge is 0.208 e. The number of anilines is 1. The van der Waals surface area contributed by atoms with E-state index >= 15 is 0 Å². The molecule has 26 heavy (non-hydrogen) atoms. The predicted molar refractivity (Wildman–Crippen MR) is 105 cm³/mol. The van der Waals surface area contributed by atoms with Crippen molar-refractivity contribution in [1.29, 1.82) is 0 Å². The Morgan fingerprint density at radius 2 is 2.00 bits per heavy atom. The summed E-state index contributed by atoms with van der Waals surface area (Å²) in [6.07, 6.45) is 0.866. The number of fused-ring (bicyclic) bond motifs is 1. The zero-order chi connectivity index (χ0) is 17.5. The average Bonchev–Trinajstić information content (AvgIpc) is 3.41. The Morgan fingerprint density at radius 1 is 1.12 bits per heavy atom. The van der Waals surface area contributed by atoms with E-state index in [0.717, 1.165) is 45.0 Å². The highest BCUT2D eigenvalue weighted by Gasteiger charge is 2.26. The lowest BCUT2D eigenvalue weighted by Gasteiger charge is -2.24. The third-order valence-electron chi connectivity index (χ3n) is 4.37. The van der Waals surface area contributed by atoms with Crippen molar-refractivity contribution < 1.29 is 4.52 Å². The Labute approximate surface area is 162 Å². The summed E-state index contributed by atoms with van der Waals surface area (Å²) in [5.74, 6) is 0.841. The molecule has 0 atom stereocenters. The van der Waals surface area contributed by atoms with Crippen molar-refractivity contribution in [3.05, 3.63) is 58.1 Å². The van der Waals surface area contributed by atoms with Crippen molar-refractivity contribution in [1.82, 2.24) is 15.4 Å². The molecule has 1 aliphatic heterocycles. The van der Waals surface area contributed by atoms with Gasteiger partial charge in [-0.2, -0.15) is 0 Å². The maximum atomic E-state index is 5.98. The van der Waals surface area contributed by atoms with Gasteiger partial charge < -0.3 is 9.42 Å². The number of hydrogen-bond donors (Lipinski definition) is 0. The van der Waals surface area contributed by atoms with Crippen molar-refractivity contribution in [2.45, 2.75) is 13.0 Å². The molecule has 0 N–H and O–H groups in total. The van der Waals surface area contributed by atoms with Crippen LogP contribution in [-0.2, 0) is 13.0 Å². The fourth-order valence-corrected chi connectivity index (χ4v) is 4.85. The van der Waals surface area contributed by atoms with E-state index in [1.54, 1.807) is 22.7 Å². The Morgan fingerprint density at radius 3 is 2.81 bits per heavy atom. The summed E-state index contributed by atoms with van der Waals surface area (Å²) in [6, 6.07) is 11.8. The predicted octanol–water partition coefficient (Wildman–Crippen LogP) is 5.14. The van der Waals surface area contributed by atoms with E-state index in [2.05, 4.69) is 31.7 Å². The Kier molecular flexibility index (Phi) is 4.00. The summed E-state index contributed by atoms with van der Waals surface area (Å²) in [4.78, 5) is 3.36. The molecule has 0 bridgehead atoms. The molecule has 0 saturated carbocycles. The molecule has 0 amide bonds. The van der Waals surface area contributed by atoms with Crippen LogP contribution in [0, 0.1) is 0 Å². The largest absolute Gasteiger partial charge is 0.356 e. The number of hydrogen-bond acceptors (Lipinski definition) is 7. The summed E-state index contributed by atoms with van der Waals surface area (Å²) >= 11 is 9.28. The maximum Gasteiger partial charge on any atom is 0.208 e. The van der Waals surface area contributed by atoms with E-state index in [-0.39, 0.29) is 0 Å². The number of thiophene rings is 1. The van der Waals surface area contributed by atoms with Crippen LogP contribution in [0.3, 0.4) is 0 Å². The zero-order valence-electron chi connectivity index (χ0n) is 13.6. The number of halogens is 1. The maximum absolute atomic E-state index is 5.98. The first kappa shape index (κ1) is 16.0. The summed E-state index contributed by atoms with van der Waals surface area (Å²) in [7, 11) is 0. The van der Waals surface area contributed by atoms with Crippen LogP contribution >= 0.6 is 34.3 Å². The Balaban J connectivity index is 1.40. The van der Waals surface area contributed by atoms with Gasteiger partial charge in [0, 0.05) is 22.7 Å². The third kappa shape index (κ3) is 2.82. The van der Waals surface area contributed by atoms with Crippen LogP contribution in [0.1, 0.15) is 11.3 Å². The molecule has 0 unspecified atom stereocenters. The summed E-state index contributed by atoms with van der Waals surface area (Å²) < 4.78 is 5.64. The van der Waals surface area contributed by atoms with E-state index < -0.39 is 0 Å². The molecule has 4 aromatic rings. The number of benzene rings is 1. The molecule has 8 heteroatoms. The van der Waals surface area contributed by atoms with E-state index in [4.69, 9.17) is 16.1 Å². The molecular weight excluding hydrogens is 388 g/mol. The van der Waals surface area contributed by atoms with Crippen LogP contribution in [0.2, 0.25) is 5.02 Å². The first-order valence-corrected chi connectivity index (χ1v) is 10.2. The van der Waals surface area contributed by atoms with Crippen LogP contribution in [0.15, 0.2) is 46.3 Å². The molecule has 130 valence electrons. The van der Waals surface area contributed by atoms with Gasteiger partial charge in [-0.15, -0.1) is 21.5 Å². The molecular formula is C18H13ClN4OS2. The summed E-state index contributed by atoms with van der Waals surface area (Å²) in [5.41, 5.74) is 3.15. The highest BCUT2D eigenvalue weighted by atomic mass is 35.5. The highest BCUT2D eigenvalue weighted by Crippen LogP contribution is 2.36. The monoisotopic (exact) mass is 400 g/mol. The average molecular weight is 401 g/mol. The molecule has 5 rings (SSSR count). The van der Waals surface area contributed by atoms with Crippen LogP contribution in [0.4, 0.5) is 5.13 Å². The topological polar surface area (TPSA) is 55.1 Å². The molecule has 0 fully saturated rings. The Bertz CT molecular complexity index is 1040. The van der Waals surface area contributed by atoms with Crippen molar-refractivity contribution in [2.24, 2.45) is 0 Å². The summed E-state index contributed by atoms with van der Waals surface area (Å²) in [5, 5.41) is 17.7. The molecule has 4 heterocycles. The van der Waals surface area contributed by atoms with Gasteiger partial charge in [-0.25, -0.2) is 0 Å². The van der Waals surface area contributed by atoms with Gasteiger partial charge in [-0.3, -0.25) is 0 Å². The summed E-state index contributed by atoms with van der Waals surface area (Å²) in [6.45, 7) is 1.55. The van der Waals surface area contributed by atoms with Gasteiger partial charge in [-0.05, 0) is 42.1 Å². The van der Waals surface area contributed by atoms with Crippen LogP contribution in [0.5, 0.6) is 0 Å². The minimum absolute atomic E-state index is 0.686. The second-order valence-electron chi connectivity index (χ2n) is 5.98. The van der Waals surface area contributed by atoms with Crippen molar-refractivity contribution >= 4 is 39.4 Å². The Hall–Kier alpha value is -2.22. The van der Waals surface area contributed by atoms with Gasteiger partial charge in [0.1, 0.15) is 5.69 Å². The standard InChI is InChI=1S/C18H13ClN4OS2/c19-12-5-3-11(4-6-12)16-13-7-8-23(10-14(13)22-24-16)18-21-20-17(26-18)15-2-1-9-25-15/h1-6,9H,7-8,10H2. The van der Waals surface area contributed by atoms with Crippen LogP contribution in [0.25, 0.3) is 21.2 Å². The van der Waals surface area contributed by atoms with Crippen molar-refractivity contribution in [2.75, 3.05) is 11.4 Å². The quantitative estimate of drug-likeness (QED) is 0.476. The highest BCUT2D eigenvalue weighted by molar-refractivity contribution is 7.22. The van der Waals surface area contributed by atoms with Gasteiger partial charge in [0.05, 0.1) is 11.4 Å². The second kappa shape index (κ2) is 6.50. The van der Waals surface area contributed by atoms with Gasteiger partial charge >= 0.3 is 0 Å². The van der Waals surface area contributed by atoms with E-state index in [9.17, 15) is 0 Å². The van der Waals surface area contributed by atoms with Gasteiger partial charge in [0.15, 0.2) is 10.8 Å². The molecule has 0 spiro atoms.